The van der Waals surface area contributed by atoms with E-state index in [-0.39, 0.29) is 12.5 Å². The summed E-state index contributed by atoms with van der Waals surface area (Å²) in [6.45, 7) is 3.21. The zero-order valence-electron chi connectivity index (χ0n) is 14.4. The molecule has 0 unspecified atom stereocenters. The van der Waals surface area contributed by atoms with Crippen LogP contribution in [0.25, 0.3) is 0 Å². The minimum absolute atomic E-state index is 0.106. The van der Waals surface area contributed by atoms with Gasteiger partial charge in [-0.1, -0.05) is 61.4 Å². The van der Waals surface area contributed by atoms with Gasteiger partial charge in [0.05, 0.1) is 6.54 Å². The second-order valence-electron chi connectivity index (χ2n) is 6.55. The van der Waals surface area contributed by atoms with Crippen LogP contribution in [0.4, 0.5) is 0 Å². The lowest BCUT2D eigenvalue weighted by molar-refractivity contribution is -0.122. The molecule has 0 atom stereocenters. The third-order valence-electron chi connectivity index (χ3n) is 4.37. The van der Waals surface area contributed by atoms with Crippen molar-refractivity contribution in [1.82, 2.24) is 10.2 Å². The van der Waals surface area contributed by atoms with Crippen molar-refractivity contribution in [2.45, 2.75) is 25.7 Å². The van der Waals surface area contributed by atoms with Crippen LogP contribution >= 0.6 is 0 Å². The molecule has 2 aliphatic carbocycles. The predicted molar refractivity (Wildman–Crippen MR) is 98.5 cm³/mol. The monoisotopic (exact) mass is 330 g/mol. The Kier molecular flexibility index (Phi) is 8.56. The Labute approximate surface area is 145 Å². The van der Waals surface area contributed by atoms with Gasteiger partial charge in [0.25, 0.3) is 0 Å². The van der Waals surface area contributed by atoms with Crippen LogP contribution in [-0.4, -0.2) is 48.7 Å². The number of carbonyl (C=O) groups is 1. The van der Waals surface area contributed by atoms with Crippen molar-refractivity contribution in [1.29, 1.82) is 0 Å². The average Bonchev–Trinajstić information content (AvgIpc) is 3.24. The van der Waals surface area contributed by atoms with E-state index in [0.29, 0.717) is 18.4 Å². The third kappa shape index (κ3) is 7.28. The largest absolute Gasteiger partial charge is 0.396 e. The molecule has 0 saturated carbocycles. The molecule has 4 nitrogen and oxygen atoms in total. The van der Waals surface area contributed by atoms with Crippen LogP contribution in [0.15, 0.2) is 48.6 Å². The lowest BCUT2D eigenvalue weighted by atomic mass is 10.1. The van der Waals surface area contributed by atoms with Crippen molar-refractivity contribution < 1.29 is 9.90 Å². The summed E-state index contributed by atoms with van der Waals surface area (Å²) in [7, 11) is 0. The maximum Gasteiger partial charge on any atom is 0.234 e. The normalized spacial score (nSPS) is 16.8. The molecule has 0 heterocycles. The van der Waals surface area contributed by atoms with Crippen LogP contribution < -0.4 is 5.32 Å². The van der Waals surface area contributed by atoms with Crippen molar-refractivity contribution in [3.63, 3.8) is 0 Å². The SMILES string of the molecule is O=C(CN(CC1C=CC=C1)CC1C=CC=C1)NCCCCCCO. The van der Waals surface area contributed by atoms with Gasteiger partial charge in [0.15, 0.2) is 0 Å². The molecule has 0 aromatic heterocycles. The first-order chi connectivity index (χ1) is 11.8. The van der Waals surface area contributed by atoms with Crippen molar-refractivity contribution in [2.75, 3.05) is 32.8 Å². The number of unbranched alkanes of at least 4 members (excludes halogenated alkanes) is 3. The number of amides is 1. The minimum atomic E-state index is 0.106. The number of nitrogens with one attached hydrogen (secondary N) is 1. The smallest absolute Gasteiger partial charge is 0.234 e. The molecule has 0 radical (unpaired) electrons. The van der Waals surface area contributed by atoms with Gasteiger partial charge in [0.1, 0.15) is 0 Å². The highest BCUT2D eigenvalue weighted by Crippen LogP contribution is 2.15. The molecular formula is C20H30N2O2. The van der Waals surface area contributed by atoms with Crippen LogP contribution in [0, 0.1) is 11.8 Å². The number of rotatable bonds is 12. The Morgan fingerprint density at radius 1 is 0.875 bits per heavy atom. The molecule has 0 aromatic carbocycles. The van der Waals surface area contributed by atoms with Gasteiger partial charge >= 0.3 is 0 Å². The van der Waals surface area contributed by atoms with E-state index in [4.69, 9.17) is 5.11 Å². The van der Waals surface area contributed by atoms with Crippen molar-refractivity contribution >= 4 is 5.91 Å². The molecule has 1 amide bonds. The fourth-order valence-electron chi connectivity index (χ4n) is 3.08. The van der Waals surface area contributed by atoms with Gasteiger partial charge in [-0.25, -0.2) is 0 Å². The van der Waals surface area contributed by atoms with E-state index in [9.17, 15) is 4.79 Å². The molecule has 24 heavy (non-hydrogen) atoms. The standard InChI is InChI=1S/C20H30N2O2/c23-14-8-2-1-7-13-21-20(24)17-22(15-18-9-3-4-10-18)16-19-11-5-6-12-19/h3-6,9-12,18-19,23H,1-2,7-8,13-17H2,(H,21,24). The van der Waals surface area contributed by atoms with E-state index >= 15 is 0 Å². The molecule has 0 aliphatic heterocycles. The topological polar surface area (TPSA) is 52.6 Å². The molecule has 0 spiro atoms. The number of nitrogens with zero attached hydrogens (tertiary/aromatic N) is 1. The highest BCUT2D eigenvalue weighted by atomic mass is 16.2. The fourth-order valence-corrected chi connectivity index (χ4v) is 3.08. The van der Waals surface area contributed by atoms with Crippen LogP contribution in [0.3, 0.4) is 0 Å². The summed E-state index contributed by atoms with van der Waals surface area (Å²) >= 11 is 0. The average molecular weight is 330 g/mol. The number of hydrogen-bond donors (Lipinski definition) is 2. The van der Waals surface area contributed by atoms with Crippen LogP contribution in [0.2, 0.25) is 0 Å². The van der Waals surface area contributed by atoms with Gasteiger partial charge in [-0.05, 0) is 12.8 Å². The summed E-state index contributed by atoms with van der Waals surface area (Å²) in [4.78, 5) is 14.5. The lowest BCUT2D eigenvalue weighted by Gasteiger charge is -2.25. The maximum absolute atomic E-state index is 12.2. The van der Waals surface area contributed by atoms with Crippen molar-refractivity contribution in [2.24, 2.45) is 11.8 Å². The Balaban J connectivity index is 1.70. The Bertz CT molecular complexity index is 440. The molecule has 2 rings (SSSR count). The molecular weight excluding hydrogens is 300 g/mol. The van der Waals surface area contributed by atoms with E-state index < -0.39 is 0 Å². The van der Waals surface area contributed by atoms with Gasteiger partial charge in [0.2, 0.25) is 5.91 Å². The highest BCUT2D eigenvalue weighted by molar-refractivity contribution is 5.78. The summed E-state index contributed by atoms with van der Waals surface area (Å²) in [5, 5.41) is 11.8. The summed E-state index contributed by atoms with van der Waals surface area (Å²) in [6, 6.07) is 0. The molecule has 2 aliphatic rings. The Morgan fingerprint density at radius 2 is 1.42 bits per heavy atom. The second-order valence-corrected chi connectivity index (χ2v) is 6.55. The number of aliphatic hydroxyl groups excluding tert-OH is 1. The predicted octanol–water partition coefficient (Wildman–Crippen LogP) is 2.44. The Hall–Kier alpha value is -1.65. The first kappa shape index (κ1) is 18.7. The van der Waals surface area contributed by atoms with Gasteiger partial charge in [-0.2, -0.15) is 0 Å². The van der Waals surface area contributed by atoms with Gasteiger partial charge in [-0.3, -0.25) is 9.69 Å². The van der Waals surface area contributed by atoms with Crippen molar-refractivity contribution in [3.8, 4) is 0 Å². The van der Waals surface area contributed by atoms with Crippen LogP contribution in [0.5, 0.6) is 0 Å². The quantitative estimate of drug-likeness (QED) is 0.541. The molecule has 0 bridgehead atoms. The summed E-state index contributed by atoms with van der Waals surface area (Å²) in [5.74, 6) is 0.922. The molecule has 0 aromatic rings. The molecule has 2 N–H and O–H groups in total. The zero-order valence-corrected chi connectivity index (χ0v) is 14.4. The number of allylic oxidation sites excluding steroid dienone is 4. The van der Waals surface area contributed by atoms with Crippen LogP contribution in [0.1, 0.15) is 25.7 Å². The van der Waals surface area contributed by atoms with E-state index in [2.05, 4.69) is 58.8 Å². The second kappa shape index (κ2) is 11.0. The molecule has 132 valence electrons. The van der Waals surface area contributed by atoms with E-state index in [1.165, 1.54) is 0 Å². The van der Waals surface area contributed by atoms with Crippen molar-refractivity contribution in [3.05, 3.63) is 48.6 Å². The van der Waals surface area contributed by atoms with Gasteiger partial charge in [0, 0.05) is 38.1 Å². The first-order valence-corrected chi connectivity index (χ1v) is 9.08. The summed E-state index contributed by atoms with van der Waals surface area (Å²) in [5.41, 5.74) is 0. The van der Waals surface area contributed by atoms with Crippen LogP contribution in [-0.2, 0) is 4.79 Å². The van der Waals surface area contributed by atoms with Gasteiger partial charge in [-0.15, -0.1) is 0 Å². The maximum atomic E-state index is 12.2. The molecule has 4 heteroatoms. The zero-order chi connectivity index (χ0) is 17.0. The lowest BCUT2D eigenvalue weighted by Crippen LogP contribution is -2.41. The first-order valence-electron chi connectivity index (χ1n) is 9.08. The van der Waals surface area contributed by atoms with E-state index in [1.54, 1.807) is 0 Å². The molecule has 0 fully saturated rings. The summed E-state index contributed by atoms with van der Waals surface area (Å²) < 4.78 is 0. The Morgan fingerprint density at radius 3 is 1.96 bits per heavy atom. The van der Waals surface area contributed by atoms with Gasteiger partial charge < -0.3 is 10.4 Å². The fraction of sp³-hybridized carbons (Fsp3) is 0.550. The minimum Gasteiger partial charge on any atom is -0.396 e. The van der Waals surface area contributed by atoms with E-state index in [0.717, 1.165) is 45.3 Å². The summed E-state index contributed by atoms with van der Waals surface area (Å²) in [6.07, 6.45) is 21.0. The third-order valence-corrected chi connectivity index (χ3v) is 4.37. The number of aliphatic hydroxyl groups is 1. The molecule has 0 saturated heterocycles. The number of hydrogen-bond acceptors (Lipinski definition) is 3. The number of carbonyl (C=O) groups excluding carboxylic acids is 1. The highest BCUT2D eigenvalue weighted by Gasteiger charge is 2.17. The van der Waals surface area contributed by atoms with E-state index in [1.807, 2.05) is 0 Å².